The van der Waals surface area contributed by atoms with Crippen LogP contribution in [-0.4, -0.2) is 34.3 Å². The summed E-state index contributed by atoms with van der Waals surface area (Å²) in [7, 11) is 3.64. The predicted molar refractivity (Wildman–Crippen MR) is 104 cm³/mol. The third kappa shape index (κ3) is 5.81. The van der Waals surface area contributed by atoms with Crippen molar-refractivity contribution in [2.24, 2.45) is 12.0 Å². The van der Waals surface area contributed by atoms with Crippen molar-refractivity contribution in [1.29, 1.82) is 0 Å². The zero-order valence-electron chi connectivity index (χ0n) is 14.1. The first-order valence-electron chi connectivity index (χ1n) is 7.44. The first-order chi connectivity index (χ1) is 10.6. The molecule has 0 aliphatic carbocycles. The van der Waals surface area contributed by atoms with Gasteiger partial charge in [-0.05, 0) is 18.4 Å². The zero-order valence-corrected chi connectivity index (χ0v) is 16.4. The SMILES string of the molecule is CN=C(NCc1ncnn1C)NCC(C)c1ccc(C)cc1.I. The van der Waals surface area contributed by atoms with Crippen LogP contribution in [0, 0.1) is 6.92 Å². The molecular weight excluding hydrogens is 403 g/mol. The number of aliphatic imine (C=N–C) groups is 1. The smallest absolute Gasteiger partial charge is 0.191 e. The number of guanidine groups is 1. The summed E-state index contributed by atoms with van der Waals surface area (Å²) in [5.74, 6) is 2.05. The van der Waals surface area contributed by atoms with Crippen LogP contribution in [0.3, 0.4) is 0 Å². The van der Waals surface area contributed by atoms with Crippen molar-refractivity contribution in [1.82, 2.24) is 25.4 Å². The lowest BCUT2D eigenvalue weighted by molar-refractivity contribution is 0.660. The van der Waals surface area contributed by atoms with Gasteiger partial charge < -0.3 is 10.6 Å². The van der Waals surface area contributed by atoms with Crippen LogP contribution in [0.25, 0.3) is 0 Å². The summed E-state index contributed by atoms with van der Waals surface area (Å²) in [5, 5.41) is 10.6. The van der Waals surface area contributed by atoms with Gasteiger partial charge >= 0.3 is 0 Å². The first kappa shape index (κ1) is 19.4. The van der Waals surface area contributed by atoms with Gasteiger partial charge in [0.2, 0.25) is 0 Å². The van der Waals surface area contributed by atoms with Gasteiger partial charge in [0.1, 0.15) is 12.2 Å². The molecule has 1 atom stereocenters. The lowest BCUT2D eigenvalue weighted by atomic mass is 10.0. The Morgan fingerprint density at radius 1 is 1.26 bits per heavy atom. The molecule has 2 rings (SSSR count). The molecule has 1 heterocycles. The molecule has 0 amide bonds. The van der Waals surface area contributed by atoms with E-state index in [1.807, 2.05) is 7.05 Å². The molecule has 0 aliphatic rings. The van der Waals surface area contributed by atoms with Crippen molar-refractivity contribution < 1.29 is 0 Å². The molecular formula is C16H25IN6. The molecule has 0 saturated carbocycles. The Morgan fingerprint density at radius 3 is 2.52 bits per heavy atom. The quantitative estimate of drug-likeness (QED) is 0.436. The predicted octanol–water partition coefficient (Wildman–Crippen LogP) is 2.21. The van der Waals surface area contributed by atoms with Gasteiger partial charge in [0.05, 0.1) is 6.54 Å². The number of benzene rings is 1. The van der Waals surface area contributed by atoms with E-state index in [1.54, 1.807) is 18.1 Å². The average Bonchev–Trinajstić information content (AvgIpc) is 2.93. The van der Waals surface area contributed by atoms with Crippen molar-refractivity contribution >= 4 is 29.9 Å². The molecule has 0 saturated heterocycles. The number of aromatic nitrogens is 3. The van der Waals surface area contributed by atoms with Gasteiger partial charge in [-0.1, -0.05) is 36.8 Å². The van der Waals surface area contributed by atoms with Gasteiger partial charge in [-0.2, -0.15) is 5.10 Å². The average molecular weight is 428 g/mol. The number of nitrogens with one attached hydrogen (secondary N) is 2. The Labute approximate surface area is 154 Å². The standard InChI is InChI=1S/C16H24N6.HI/c1-12-5-7-14(8-6-12)13(2)9-18-16(17-3)19-10-15-20-11-21-22(15)4;/h5-8,11,13H,9-10H2,1-4H3,(H2,17,18,19);1H. The van der Waals surface area contributed by atoms with Crippen LogP contribution >= 0.6 is 24.0 Å². The number of rotatable bonds is 5. The molecule has 1 aromatic carbocycles. The molecule has 0 spiro atoms. The molecule has 2 N–H and O–H groups in total. The van der Waals surface area contributed by atoms with E-state index in [4.69, 9.17) is 0 Å². The molecule has 0 radical (unpaired) electrons. The van der Waals surface area contributed by atoms with E-state index < -0.39 is 0 Å². The van der Waals surface area contributed by atoms with Gasteiger partial charge in [0.25, 0.3) is 0 Å². The Kier molecular flexibility index (Phi) is 8.01. The normalized spacial score (nSPS) is 12.4. The van der Waals surface area contributed by atoms with Gasteiger partial charge in [-0.3, -0.25) is 9.67 Å². The second-order valence-corrected chi connectivity index (χ2v) is 5.42. The fraction of sp³-hybridized carbons (Fsp3) is 0.438. The highest BCUT2D eigenvalue weighted by Gasteiger charge is 2.07. The highest BCUT2D eigenvalue weighted by molar-refractivity contribution is 14.0. The molecule has 0 fully saturated rings. The van der Waals surface area contributed by atoms with Crippen LogP contribution in [0.5, 0.6) is 0 Å². The molecule has 7 heteroatoms. The summed E-state index contributed by atoms with van der Waals surface area (Å²) in [6, 6.07) is 8.65. The van der Waals surface area contributed by atoms with Crippen LogP contribution < -0.4 is 10.6 Å². The number of nitrogens with zero attached hydrogens (tertiary/aromatic N) is 4. The van der Waals surface area contributed by atoms with E-state index in [0.29, 0.717) is 12.5 Å². The second kappa shape index (κ2) is 9.49. The lowest BCUT2D eigenvalue weighted by Gasteiger charge is -2.16. The molecule has 0 aliphatic heterocycles. The number of halogens is 1. The summed E-state index contributed by atoms with van der Waals surface area (Å²) in [4.78, 5) is 8.41. The van der Waals surface area contributed by atoms with Crippen LogP contribution in [-0.2, 0) is 13.6 Å². The monoisotopic (exact) mass is 428 g/mol. The highest BCUT2D eigenvalue weighted by atomic mass is 127. The van der Waals surface area contributed by atoms with E-state index in [2.05, 4.69) is 63.8 Å². The third-order valence-corrected chi connectivity index (χ3v) is 3.66. The van der Waals surface area contributed by atoms with Crippen molar-refractivity contribution in [2.45, 2.75) is 26.3 Å². The van der Waals surface area contributed by atoms with E-state index in [0.717, 1.165) is 18.3 Å². The largest absolute Gasteiger partial charge is 0.356 e. The number of hydrogen-bond donors (Lipinski definition) is 2. The maximum absolute atomic E-state index is 4.23. The van der Waals surface area contributed by atoms with Gasteiger partial charge in [0, 0.05) is 20.6 Å². The summed E-state index contributed by atoms with van der Waals surface area (Å²) >= 11 is 0. The van der Waals surface area contributed by atoms with Gasteiger partial charge in [-0.25, -0.2) is 4.98 Å². The summed E-state index contributed by atoms with van der Waals surface area (Å²) in [5.41, 5.74) is 2.60. The van der Waals surface area contributed by atoms with Crippen LogP contribution in [0.4, 0.5) is 0 Å². The highest BCUT2D eigenvalue weighted by Crippen LogP contribution is 2.14. The summed E-state index contributed by atoms with van der Waals surface area (Å²) in [6.07, 6.45) is 1.55. The number of aryl methyl sites for hydroxylation is 2. The topological polar surface area (TPSA) is 67.1 Å². The lowest BCUT2D eigenvalue weighted by Crippen LogP contribution is -2.39. The molecule has 126 valence electrons. The van der Waals surface area contributed by atoms with E-state index in [1.165, 1.54) is 11.1 Å². The Hall–Kier alpha value is -1.64. The van der Waals surface area contributed by atoms with Crippen LogP contribution in [0.2, 0.25) is 0 Å². The van der Waals surface area contributed by atoms with Crippen LogP contribution in [0.1, 0.15) is 29.8 Å². The molecule has 23 heavy (non-hydrogen) atoms. The molecule has 0 bridgehead atoms. The van der Waals surface area contributed by atoms with Crippen molar-refractivity contribution in [2.75, 3.05) is 13.6 Å². The van der Waals surface area contributed by atoms with Crippen molar-refractivity contribution in [3.63, 3.8) is 0 Å². The Morgan fingerprint density at radius 2 is 1.96 bits per heavy atom. The molecule has 1 aromatic heterocycles. The minimum Gasteiger partial charge on any atom is -0.356 e. The molecule has 1 unspecified atom stereocenters. The maximum atomic E-state index is 4.23. The van der Waals surface area contributed by atoms with Crippen LogP contribution in [0.15, 0.2) is 35.6 Å². The van der Waals surface area contributed by atoms with E-state index >= 15 is 0 Å². The number of hydrogen-bond acceptors (Lipinski definition) is 3. The van der Waals surface area contributed by atoms with Gasteiger partial charge in [-0.15, -0.1) is 24.0 Å². The zero-order chi connectivity index (χ0) is 15.9. The second-order valence-electron chi connectivity index (χ2n) is 5.42. The van der Waals surface area contributed by atoms with Gasteiger partial charge in [0.15, 0.2) is 5.96 Å². The van der Waals surface area contributed by atoms with Crippen molar-refractivity contribution in [3.05, 3.63) is 47.5 Å². The minimum absolute atomic E-state index is 0. The first-order valence-corrected chi connectivity index (χ1v) is 7.44. The maximum Gasteiger partial charge on any atom is 0.191 e. The fourth-order valence-corrected chi connectivity index (χ4v) is 2.13. The summed E-state index contributed by atoms with van der Waals surface area (Å²) < 4.78 is 1.75. The molecule has 2 aromatic rings. The van der Waals surface area contributed by atoms with E-state index in [-0.39, 0.29) is 24.0 Å². The minimum atomic E-state index is 0. The van der Waals surface area contributed by atoms with E-state index in [9.17, 15) is 0 Å². The Bertz CT molecular complexity index is 620. The fourth-order valence-electron chi connectivity index (χ4n) is 2.13. The third-order valence-electron chi connectivity index (χ3n) is 3.66. The molecule has 6 nitrogen and oxygen atoms in total. The summed E-state index contributed by atoms with van der Waals surface area (Å²) in [6.45, 7) is 5.72. The van der Waals surface area contributed by atoms with Crippen molar-refractivity contribution in [3.8, 4) is 0 Å². The Balaban J connectivity index is 0.00000264.